The smallest absolute Gasteiger partial charge is 0.338 e. The number of H-pyrrole nitrogens is 1. The Morgan fingerprint density at radius 3 is 2.65 bits per heavy atom. The lowest BCUT2D eigenvalue weighted by molar-refractivity contribution is -0.0328. The Labute approximate surface area is 148 Å². The Balaban J connectivity index is 1.77. The highest BCUT2D eigenvalue weighted by molar-refractivity contribution is 8.00. The number of pyridine rings is 1. The maximum Gasteiger partial charge on any atom is 0.446 e. The number of rotatable bonds is 3. The van der Waals surface area contributed by atoms with E-state index in [1.165, 1.54) is 36.5 Å². The van der Waals surface area contributed by atoms with E-state index in [2.05, 4.69) is 20.5 Å². The minimum Gasteiger partial charge on any atom is -0.338 e. The van der Waals surface area contributed by atoms with Crippen molar-refractivity contribution in [3.8, 4) is 0 Å². The molecule has 0 saturated carbocycles. The Morgan fingerprint density at radius 1 is 1.00 bits per heavy atom. The normalized spacial score (nSPS) is 12.0. The maximum absolute atomic E-state index is 13.5. The standard InChI is InChI=1S/C17H10F4N4S/c18-9-1-3-15-12(7-9)16(25-24-15)23-14-5-6-22-13-4-2-10(8-11(13)14)26-17(19,20)21/h1-8H,(H2,22,23,24,25). The molecule has 132 valence electrons. The Kier molecular flexibility index (Phi) is 3.95. The second kappa shape index (κ2) is 6.17. The zero-order valence-electron chi connectivity index (χ0n) is 12.9. The van der Waals surface area contributed by atoms with Crippen molar-refractivity contribution in [3.63, 3.8) is 0 Å². The first-order valence-corrected chi connectivity index (χ1v) is 8.26. The van der Waals surface area contributed by atoms with Gasteiger partial charge in [0.25, 0.3) is 0 Å². The van der Waals surface area contributed by atoms with Gasteiger partial charge in [0.1, 0.15) is 5.82 Å². The van der Waals surface area contributed by atoms with Gasteiger partial charge in [0, 0.05) is 21.9 Å². The van der Waals surface area contributed by atoms with Crippen LogP contribution in [-0.2, 0) is 0 Å². The average molecular weight is 378 g/mol. The van der Waals surface area contributed by atoms with Gasteiger partial charge in [-0.05, 0) is 54.2 Å². The van der Waals surface area contributed by atoms with Gasteiger partial charge in [0.15, 0.2) is 5.82 Å². The van der Waals surface area contributed by atoms with E-state index >= 15 is 0 Å². The molecule has 0 aliphatic rings. The number of alkyl halides is 3. The molecule has 4 aromatic rings. The summed E-state index contributed by atoms with van der Waals surface area (Å²) in [6.07, 6.45) is 1.54. The number of thioether (sulfide) groups is 1. The summed E-state index contributed by atoms with van der Waals surface area (Å²) in [5.41, 5.74) is -2.68. The number of aromatic nitrogens is 3. The quantitative estimate of drug-likeness (QED) is 0.360. The molecule has 2 heterocycles. The molecule has 0 amide bonds. The number of nitrogens with one attached hydrogen (secondary N) is 2. The molecule has 0 bridgehead atoms. The number of fused-ring (bicyclic) bond motifs is 2. The van der Waals surface area contributed by atoms with Crippen molar-refractivity contribution in [1.82, 2.24) is 15.2 Å². The second-order valence-electron chi connectivity index (χ2n) is 5.47. The van der Waals surface area contributed by atoms with Crippen LogP contribution in [0.2, 0.25) is 0 Å². The lowest BCUT2D eigenvalue weighted by Gasteiger charge is -2.10. The highest BCUT2D eigenvalue weighted by Crippen LogP contribution is 2.39. The van der Waals surface area contributed by atoms with Crippen LogP contribution in [0.3, 0.4) is 0 Å². The SMILES string of the molecule is Fc1ccc2[nH]nc(Nc3ccnc4ccc(SC(F)(F)F)cc34)c2c1. The molecule has 0 fully saturated rings. The molecule has 2 aromatic carbocycles. The van der Waals surface area contributed by atoms with Gasteiger partial charge in [-0.1, -0.05) is 0 Å². The number of benzene rings is 2. The molecule has 9 heteroatoms. The van der Waals surface area contributed by atoms with Crippen molar-refractivity contribution >= 4 is 45.1 Å². The van der Waals surface area contributed by atoms with E-state index in [4.69, 9.17) is 0 Å². The van der Waals surface area contributed by atoms with Crippen molar-refractivity contribution in [2.75, 3.05) is 5.32 Å². The summed E-state index contributed by atoms with van der Waals surface area (Å²) in [6, 6.07) is 10.1. The monoisotopic (exact) mass is 378 g/mol. The fourth-order valence-electron chi connectivity index (χ4n) is 2.64. The number of hydrogen-bond acceptors (Lipinski definition) is 4. The van der Waals surface area contributed by atoms with Crippen molar-refractivity contribution in [2.45, 2.75) is 10.4 Å². The maximum atomic E-state index is 13.5. The van der Waals surface area contributed by atoms with Crippen LogP contribution in [0.4, 0.5) is 29.1 Å². The van der Waals surface area contributed by atoms with E-state index in [9.17, 15) is 17.6 Å². The van der Waals surface area contributed by atoms with E-state index in [0.717, 1.165) is 0 Å². The summed E-state index contributed by atoms with van der Waals surface area (Å²) in [5.74, 6) is -0.0359. The molecular weight excluding hydrogens is 368 g/mol. The molecule has 0 aliphatic carbocycles. The van der Waals surface area contributed by atoms with Gasteiger partial charge in [-0.2, -0.15) is 18.3 Å². The molecule has 26 heavy (non-hydrogen) atoms. The van der Waals surface area contributed by atoms with Crippen LogP contribution in [0, 0.1) is 5.82 Å². The van der Waals surface area contributed by atoms with Gasteiger partial charge in [-0.15, -0.1) is 0 Å². The first-order valence-electron chi connectivity index (χ1n) is 7.44. The van der Waals surface area contributed by atoms with Crippen LogP contribution in [0.5, 0.6) is 0 Å². The average Bonchev–Trinajstić information content (AvgIpc) is 2.96. The topological polar surface area (TPSA) is 53.6 Å². The molecule has 2 N–H and O–H groups in total. The largest absolute Gasteiger partial charge is 0.446 e. The van der Waals surface area contributed by atoms with Crippen LogP contribution in [0.15, 0.2) is 53.6 Å². The summed E-state index contributed by atoms with van der Waals surface area (Å²) in [5, 5.41) is 11.0. The molecule has 0 aliphatic heterocycles. The summed E-state index contributed by atoms with van der Waals surface area (Å²) in [7, 11) is 0. The molecule has 0 radical (unpaired) electrons. The van der Waals surface area contributed by atoms with Gasteiger partial charge in [-0.3, -0.25) is 10.1 Å². The van der Waals surface area contributed by atoms with Crippen molar-refractivity contribution in [2.24, 2.45) is 0 Å². The van der Waals surface area contributed by atoms with Gasteiger partial charge in [0.2, 0.25) is 0 Å². The molecule has 2 aromatic heterocycles. The predicted molar refractivity (Wildman–Crippen MR) is 93.0 cm³/mol. The van der Waals surface area contributed by atoms with Gasteiger partial charge in [-0.25, -0.2) is 4.39 Å². The van der Waals surface area contributed by atoms with Crippen molar-refractivity contribution < 1.29 is 17.6 Å². The lowest BCUT2D eigenvalue weighted by atomic mass is 10.2. The van der Waals surface area contributed by atoms with Gasteiger partial charge in [0.05, 0.1) is 16.7 Å². The Hall–Kier alpha value is -2.81. The highest BCUT2D eigenvalue weighted by atomic mass is 32.2. The first-order chi connectivity index (χ1) is 12.4. The third-order valence-corrected chi connectivity index (χ3v) is 4.45. The third-order valence-electron chi connectivity index (χ3n) is 3.72. The van der Waals surface area contributed by atoms with E-state index in [1.807, 2.05) is 0 Å². The Morgan fingerprint density at radius 2 is 1.85 bits per heavy atom. The second-order valence-corrected chi connectivity index (χ2v) is 6.61. The van der Waals surface area contributed by atoms with E-state index < -0.39 is 11.3 Å². The molecular formula is C17H10F4N4S. The van der Waals surface area contributed by atoms with Crippen LogP contribution < -0.4 is 5.32 Å². The van der Waals surface area contributed by atoms with E-state index in [0.29, 0.717) is 33.3 Å². The highest BCUT2D eigenvalue weighted by Gasteiger charge is 2.29. The number of halogens is 4. The molecule has 0 atom stereocenters. The summed E-state index contributed by atoms with van der Waals surface area (Å²) in [4.78, 5) is 4.22. The molecule has 0 saturated heterocycles. The number of anilines is 2. The van der Waals surface area contributed by atoms with Gasteiger partial charge < -0.3 is 5.32 Å². The summed E-state index contributed by atoms with van der Waals surface area (Å²) < 4.78 is 51.4. The zero-order valence-corrected chi connectivity index (χ0v) is 13.7. The predicted octanol–water partition coefficient (Wildman–Crippen LogP) is 5.61. The van der Waals surface area contributed by atoms with Crippen LogP contribution in [0.1, 0.15) is 0 Å². The summed E-state index contributed by atoms with van der Waals surface area (Å²) >= 11 is -0.190. The van der Waals surface area contributed by atoms with Crippen LogP contribution in [0.25, 0.3) is 21.8 Å². The third kappa shape index (κ3) is 3.30. The Bertz CT molecular complexity index is 1110. The molecule has 4 rings (SSSR count). The van der Waals surface area contributed by atoms with Crippen molar-refractivity contribution in [1.29, 1.82) is 0 Å². The number of aromatic amines is 1. The molecule has 0 spiro atoms. The fraction of sp³-hybridized carbons (Fsp3) is 0.0588. The lowest BCUT2D eigenvalue weighted by Crippen LogP contribution is -1.99. The van der Waals surface area contributed by atoms with E-state index in [1.54, 1.807) is 12.1 Å². The molecule has 4 nitrogen and oxygen atoms in total. The first kappa shape index (κ1) is 16.6. The van der Waals surface area contributed by atoms with Crippen LogP contribution in [-0.4, -0.2) is 20.7 Å². The number of hydrogen-bond donors (Lipinski definition) is 2. The van der Waals surface area contributed by atoms with Crippen LogP contribution >= 0.6 is 11.8 Å². The number of nitrogens with zero attached hydrogens (tertiary/aromatic N) is 2. The van der Waals surface area contributed by atoms with Crippen molar-refractivity contribution in [3.05, 3.63) is 54.5 Å². The fourth-order valence-corrected chi connectivity index (χ4v) is 3.22. The van der Waals surface area contributed by atoms with E-state index in [-0.39, 0.29) is 16.7 Å². The minimum atomic E-state index is -4.38. The zero-order chi connectivity index (χ0) is 18.3. The minimum absolute atomic E-state index is 0.0546. The summed E-state index contributed by atoms with van der Waals surface area (Å²) in [6.45, 7) is 0. The van der Waals surface area contributed by atoms with Gasteiger partial charge >= 0.3 is 5.51 Å². The molecule has 0 unspecified atom stereocenters.